The van der Waals surface area contributed by atoms with Gasteiger partial charge in [-0.3, -0.25) is 4.79 Å². The molecule has 1 atom stereocenters. The minimum atomic E-state index is -1.03. The van der Waals surface area contributed by atoms with Gasteiger partial charge < -0.3 is 16.6 Å². The van der Waals surface area contributed by atoms with Crippen LogP contribution in [0.5, 0.6) is 0 Å². The maximum atomic E-state index is 10.5. The van der Waals surface area contributed by atoms with E-state index in [0.29, 0.717) is 11.2 Å². The molecule has 5 N–H and O–H groups in total. The molecule has 0 saturated heterocycles. The van der Waals surface area contributed by atoms with Gasteiger partial charge in [-0.1, -0.05) is 31.4 Å². The van der Waals surface area contributed by atoms with Crippen molar-refractivity contribution in [2.75, 3.05) is 5.73 Å². The molecular weight excluding hydrogens is 203 g/mol. The van der Waals surface area contributed by atoms with Crippen molar-refractivity contribution < 1.29 is 9.90 Å². The minimum Gasteiger partial charge on any atom is -0.480 e. The third kappa shape index (κ3) is 4.36. The first kappa shape index (κ1) is 14.5. The average Bonchev–Trinajstić information content (AvgIpc) is 2.26. The molecule has 0 saturated carbocycles. The lowest BCUT2D eigenvalue weighted by Crippen LogP contribution is -2.32. The van der Waals surface area contributed by atoms with Gasteiger partial charge in [-0.15, -0.1) is 0 Å². The summed E-state index contributed by atoms with van der Waals surface area (Å²) in [6.45, 7) is 4.00. The van der Waals surface area contributed by atoms with E-state index < -0.39 is 12.0 Å². The molecule has 1 aromatic carbocycles. The Morgan fingerprint density at radius 3 is 2.50 bits per heavy atom. The average molecular weight is 220 g/mol. The summed E-state index contributed by atoms with van der Waals surface area (Å²) in [6.07, 6.45) is 0.250. The first-order valence-electron chi connectivity index (χ1n) is 5.13. The van der Waals surface area contributed by atoms with E-state index in [2.05, 4.69) is 0 Å². The largest absolute Gasteiger partial charge is 0.480 e. The van der Waals surface area contributed by atoms with Crippen molar-refractivity contribution >= 4 is 25.0 Å². The van der Waals surface area contributed by atoms with Gasteiger partial charge in [0.2, 0.25) is 0 Å². The predicted octanol–water partition coefficient (Wildman–Crippen LogP) is 0.0432. The number of rotatable bonds is 3. The van der Waals surface area contributed by atoms with E-state index in [9.17, 15) is 4.79 Å². The molecule has 0 spiro atoms. The molecule has 86 valence electrons. The number of hydrogen-bond acceptors (Lipinski definition) is 3. The molecule has 2 radical (unpaired) electrons. The quantitative estimate of drug-likeness (QED) is 0.495. The highest BCUT2D eigenvalue weighted by atomic mass is 16.4. The molecule has 1 aromatic rings. The number of hydrogen-bond donors (Lipinski definition) is 3. The zero-order valence-corrected chi connectivity index (χ0v) is 9.60. The fourth-order valence-corrected chi connectivity index (χ4v) is 1.09. The number of carboxylic acids is 1. The van der Waals surface area contributed by atoms with Crippen molar-refractivity contribution in [2.24, 2.45) is 5.73 Å². The molecule has 0 heterocycles. The van der Waals surface area contributed by atoms with Crippen molar-refractivity contribution in [3.63, 3.8) is 0 Å². The predicted molar refractivity (Wildman–Crippen MR) is 66.9 cm³/mol. The van der Waals surface area contributed by atoms with Gasteiger partial charge >= 0.3 is 5.97 Å². The molecule has 0 unspecified atom stereocenters. The van der Waals surface area contributed by atoms with Crippen LogP contribution in [0.1, 0.15) is 19.4 Å². The highest BCUT2D eigenvalue weighted by molar-refractivity contribution is 6.35. The Labute approximate surface area is 97.0 Å². The van der Waals surface area contributed by atoms with Crippen LogP contribution in [0.15, 0.2) is 18.2 Å². The molecule has 0 aromatic heterocycles. The summed E-state index contributed by atoms with van der Waals surface area (Å²) in [6, 6.07) is 4.09. The lowest BCUT2D eigenvalue weighted by Gasteiger charge is -2.08. The maximum Gasteiger partial charge on any atom is 0.320 e. The van der Waals surface area contributed by atoms with E-state index in [-0.39, 0.29) is 6.42 Å². The van der Waals surface area contributed by atoms with Crippen LogP contribution in [0.3, 0.4) is 0 Å². The molecular formula is C11H17BN2O2. The van der Waals surface area contributed by atoms with Crippen LogP contribution in [0.25, 0.3) is 0 Å². The molecule has 0 aliphatic carbocycles. The van der Waals surface area contributed by atoms with Gasteiger partial charge in [-0.05, 0) is 18.1 Å². The van der Waals surface area contributed by atoms with Crippen LogP contribution in [0, 0.1) is 0 Å². The summed E-state index contributed by atoms with van der Waals surface area (Å²) in [5.41, 5.74) is 12.6. The smallest absolute Gasteiger partial charge is 0.320 e. The van der Waals surface area contributed by atoms with Crippen LogP contribution < -0.4 is 16.9 Å². The SMILES string of the molecule is CC.[B]c1cc(C[C@@H](N)C(=O)O)ccc1N. The number of nitrogens with two attached hydrogens (primary N) is 2. The number of carbonyl (C=O) groups is 1. The van der Waals surface area contributed by atoms with Crippen molar-refractivity contribution in [1.29, 1.82) is 0 Å². The first-order valence-corrected chi connectivity index (χ1v) is 5.13. The number of aliphatic carboxylic acids is 1. The number of carboxylic acid groups (broad SMARTS) is 1. The zero-order chi connectivity index (χ0) is 12.7. The lowest BCUT2D eigenvalue weighted by molar-refractivity contribution is -0.138. The van der Waals surface area contributed by atoms with Gasteiger partial charge in [0.1, 0.15) is 13.9 Å². The number of benzene rings is 1. The lowest BCUT2D eigenvalue weighted by atomic mass is 9.91. The van der Waals surface area contributed by atoms with E-state index in [1.54, 1.807) is 18.2 Å². The molecule has 0 aliphatic heterocycles. The Hall–Kier alpha value is -1.49. The topological polar surface area (TPSA) is 89.3 Å². The summed E-state index contributed by atoms with van der Waals surface area (Å²) >= 11 is 0. The van der Waals surface area contributed by atoms with Crippen LogP contribution in [0.2, 0.25) is 0 Å². The van der Waals surface area contributed by atoms with Crippen molar-refractivity contribution in [3.8, 4) is 0 Å². The maximum absolute atomic E-state index is 10.5. The monoisotopic (exact) mass is 220 g/mol. The Bertz CT molecular complexity index is 356. The Kier molecular flexibility index (Phi) is 6.26. The van der Waals surface area contributed by atoms with E-state index >= 15 is 0 Å². The van der Waals surface area contributed by atoms with Gasteiger partial charge in [-0.25, -0.2) is 0 Å². The summed E-state index contributed by atoms with van der Waals surface area (Å²) in [7, 11) is 5.56. The van der Waals surface area contributed by atoms with Crippen molar-refractivity contribution in [3.05, 3.63) is 23.8 Å². The summed E-state index contributed by atoms with van der Waals surface area (Å²) < 4.78 is 0. The molecule has 0 amide bonds. The molecule has 0 bridgehead atoms. The number of nitrogen functional groups attached to an aromatic ring is 1. The molecule has 0 fully saturated rings. The standard InChI is InChI=1S/C9H11BN2O2.C2H6/c10-6-3-5(1-2-7(6)11)4-8(12)9(13)14;1-2/h1-3,8H,4,11-12H2,(H,13,14);1-2H3/t8-;/m1./s1. The molecule has 5 heteroatoms. The first-order chi connectivity index (χ1) is 7.50. The van der Waals surface area contributed by atoms with Crippen LogP contribution in [0.4, 0.5) is 5.69 Å². The van der Waals surface area contributed by atoms with Crippen molar-refractivity contribution in [2.45, 2.75) is 26.3 Å². The van der Waals surface area contributed by atoms with Gasteiger partial charge in [0.25, 0.3) is 0 Å². The Balaban J connectivity index is 0.00000106. The van der Waals surface area contributed by atoms with Gasteiger partial charge in [0, 0.05) is 5.69 Å². The van der Waals surface area contributed by atoms with Gasteiger partial charge in [0.15, 0.2) is 0 Å². The van der Waals surface area contributed by atoms with Crippen LogP contribution >= 0.6 is 0 Å². The van der Waals surface area contributed by atoms with E-state index in [4.69, 9.17) is 24.4 Å². The Morgan fingerprint density at radius 2 is 2.06 bits per heavy atom. The highest BCUT2D eigenvalue weighted by Crippen LogP contribution is 2.04. The molecule has 0 aliphatic rings. The minimum absolute atomic E-state index is 0.250. The summed E-state index contributed by atoms with van der Waals surface area (Å²) in [4.78, 5) is 10.5. The van der Waals surface area contributed by atoms with Crippen LogP contribution in [-0.4, -0.2) is 25.0 Å². The Morgan fingerprint density at radius 1 is 1.50 bits per heavy atom. The van der Waals surface area contributed by atoms with E-state index in [1.807, 2.05) is 13.8 Å². The van der Waals surface area contributed by atoms with E-state index in [0.717, 1.165) is 5.56 Å². The third-order valence-electron chi connectivity index (χ3n) is 1.92. The second-order valence-corrected chi connectivity index (χ2v) is 3.11. The molecule has 16 heavy (non-hydrogen) atoms. The second kappa shape index (κ2) is 6.90. The normalized spacial score (nSPS) is 11.2. The third-order valence-corrected chi connectivity index (χ3v) is 1.92. The second-order valence-electron chi connectivity index (χ2n) is 3.11. The summed E-state index contributed by atoms with van der Waals surface area (Å²) in [5.74, 6) is -1.03. The zero-order valence-electron chi connectivity index (χ0n) is 9.60. The molecule has 1 rings (SSSR count). The van der Waals surface area contributed by atoms with Gasteiger partial charge in [-0.2, -0.15) is 0 Å². The molecule has 4 nitrogen and oxygen atoms in total. The number of anilines is 1. The van der Waals surface area contributed by atoms with Crippen molar-refractivity contribution in [1.82, 2.24) is 0 Å². The highest BCUT2D eigenvalue weighted by Gasteiger charge is 2.11. The van der Waals surface area contributed by atoms with E-state index in [1.165, 1.54) is 0 Å². The fourth-order valence-electron chi connectivity index (χ4n) is 1.09. The van der Waals surface area contributed by atoms with Gasteiger partial charge in [0.05, 0.1) is 0 Å². The van der Waals surface area contributed by atoms with Crippen LogP contribution in [-0.2, 0) is 11.2 Å². The fraction of sp³-hybridized carbons (Fsp3) is 0.364. The summed E-state index contributed by atoms with van der Waals surface area (Å²) in [5, 5.41) is 8.59.